The van der Waals surface area contributed by atoms with Gasteiger partial charge in [0.05, 0.1) is 16.6 Å². The molecule has 3 aromatic rings. The third kappa shape index (κ3) is 3.59. The highest BCUT2D eigenvalue weighted by molar-refractivity contribution is 7.93. The molecule has 1 N–H and O–H groups in total. The minimum absolute atomic E-state index is 0.222. The van der Waals surface area contributed by atoms with Crippen LogP contribution in [-0.2, 0) is 21.2 Å². The van der Waals surface area contributed by atoms with Crippen LogP contribution in [0.2, 0.25) is 0 Å². The summed E-state index contributed by atoms with van der Waals surface area (Å²) >= 11 is 0. The highest BCUT2D eigenvalue weighted by Gasteiger charge is 2.36. The van der Waals surface area contributed by atoms with Gasteiger partial charge in [-0.15, -0.1) is 0 Å². The van der Waals surface area contributed by atoms with E-state index >= 15 is 0 Å². The van der Waals surface area contributed by atoms with Crippen molar-refractivity contribution in [3.05, 3.63) is 83.9 Å². The summed E-state index contributed by atoms with van der Waals surface area (Å²) in [6.07, 6.45) is 0.845. The number of sulfonamides is 1. The molecule has 3 aromatic carbocycles. The maximum atomic E-state index is 13.4. The molecule has 0 saturated carbocycles. The predicted octanol–water partition coefficient (Wildman–Crippen LogP) is 4.30. The molecule has 1 amide bonds. The van der Waals surface area contributed by atoms with E-state index in [0.29, 0.717) is 11.3 Å². The van der Waals surface area contributed by atoms with E-state index in [0.717, 1.165) is 23.1 Å². The highest BCUT2D eigenvalue weighted by Crippen LogP contribution is 2.43. The molecule has 1 heterocycles. The Labute approximate surface area is 177 Å². The molecule has 0 saturated heterocycles. The molecule has 0 fully saturated rings. The van der Waals surface area contributed by atoms with E-state index in [1.54, 1.807) is 18.2 Å². The average Bonchev–Trinajstić information content (AvgIpc) is 2.77. The van der Waals surface area contributed by atoms with Gasteiger partial charge in [-0.2, -0.15) is 0 Å². The van der Waals surface area contributed by atoms with Gasteiger partial charge in [-0.05, 0) is 42.7 Å². The third-order valence-corrected chi connectivity index (χ3v) is 7.27. The summed E-state index contributed by atoms with van der Waals surface area (Å²) in [7, 11) is -3.84. The van der Waals surface area contributed by atoms with Crippen molar-refractivity contribution in [1.82, 2.24) is 5.32 Å². The van der Waals surface area contributed by atoms with Gasteiger partial charge >= 0.3 is 0 Å². The maximum Gasteiger partial charge on any atom is 0.265 e. The molecule has 0 radical (unpaired) electrons. The number of nitrogens with one attached hydrogen (secondary N) is 1. The molecule has 30 heavy (non-hydrogen) atoms. The minimum atomic E-state index is -3.84. The number of hydrogen-bond acceptors (Lipinski definition) is 3. The van der Waals surface area contributed by atoms with Gasteiger partial charge in [-0.3, -0.25) is 9.10 Å². The number of hydrogen-bond donors (Lipinski definition) is 1. The zero-order valence-corrected chi connectivity index (χ0v) is 17.8. The van der Waals surface area contributed by atoms with Crippen LogP contribution in [0.3, 0.4) is 0 Å². The minimum Gasteiger partial charge on any atom is -0.348 e. The molecule has 0 aromatic heterocycles. The van der Waals surface area contributed by atoms with Crippen molar-refractivity contribution in [3.8, 4) is 11.1 Å². The van der Waals surface area contributed by atoms with Crippen molar-refractivity contribution >= 4 is 21.6 Å². The van der Waals surface area contributed by atoms with Gasteiger partial charge in [-0.25, -0.2) is 8.42 Å². The van der Waals surface area contributed by atoms with E-state index in [1.165, 1.54) is 4.31 Å². The lowest BCUT2D eigenvalue weighted by Crippen LogP contribution is -2.43. The standard InChI is InChI=1S/C24H24N2O3S/c1-3-18-13-14-22-21(15-18)20-11-7-8-12-23(20)30(28,29)26(22)16-24(27)25-17(2)19-9-5-4-6-10-19/h4-15,17H,3,16H2,1-2H3,(H,25,27)/t17-/m0/s1. The van der Waals surface area contributed by atoms with Crippen molar-refractivity contribution < 1.29 is 13.2 Å². The highest BCUT2D eigenvalue weighted by atomic mass is 32.2. The molecule has 0 aliphatic carbocycles. The van der Waals surface area contributed by atoms with Gasteiger partial charge in [0, 0.05) is 11.1 Å². The molecule has 0 unspecified atom stereocenters. The lowest BCUT2D eigenvalue weighted by molar-refractivity contribution is -0.120. The molecule has 0 bridgehead atoms. The van der Waals surface area contributed by atoms with Crippen LogP contribution in [0, 0.1) is 0 Å². The number of aryl methyl sites for hydroxylation is 1. The monoisotopic (exact) mass is 420 g/mol. The molecular formula is C24H24N2O3S. The number of benzene rings is 3. The molecule has 0 spiro atoms. The fourth-order valence-corrected chi connectivity index (χ4v) is 5.46. The second-order valence-corrected chi connectivity index (χ2v) is 9.24. The van der Waals surface area contributed by atoms with Crippen LogP contribution < -0.4 is 9.62 Å². The molecule has 1 atom stereocenters. The fourth-order valence-electron chi connectivity index (χ4n) is 3.81. The van der Waals surface area contributed by atoms with E-state index in [2.05, 4.69) is 12.2 Å². The number of nitrogens with zero attached hydrogens (tertiary/aromatic N) is 1. The van der Waals surface area contributed by atoms with Crippen molar-refractivity contribution in [3.63, 3.8) is 0 Å². The first-order valence-electron chi connectivity index (χ1n) is 10.0. The summed E-state index contributed by atoms with van der Waals surface area (Å²) in [6, 6.07) is 22.1. The van der Waals surface area contributed by atoms with Gasteiger partial charge in [0.1, 0.15) is 6.54 Å². The number of carbonyl (C=O) groups is 1. The normalized spacial score (nSPS) is 15.1. The summed E-state index contributed by atoms with van der Waals surface area (Å²) in [4.78, 5) is 13.0. The Balaban J connectivity index is 1.69. The summed E-state index contributed by atoms with van der Waals surface area (Å²) in [5.41, 5.74) is 4.13. The smallest absolute Gasteiger partial charge is 0.265 e. The first-order chi connectivity index (χ1) is 14.4. The summed E-state index contributed by atoms with van der Waals surface area (Å²) in [6.45, 7) is 3.67. The van der Waals surface area contributed by atoms with Crippen LogP contribution in [0.5, 0.6) is 0 Å². The topological polar surface area (TPSA) is 66.5 Å². The van der Waals surface area contributed by atoms with Crippen LogP contribution in [-0.4, -0.2) is 20.9 Å². The second-order valence-electron chi connectivity index (χ2n) is 7.41. The lowest BCUT2D eigenvalue weighted by atomic mass is 9.99. The van der Waals surface area contributed by atoms with Crippen molar-refractivity contribution in [2.45, 2.75) is 31.2 Å². The van der Waals surface area contributed by atoms with Crippen LogP contribution in [0.1, 0.15) is 31.0 Å². The zero-order chi connectivity index (χ0) is 21.3. The molecule has 1 aliphatic rings. The van der Waals surface area contributed by atoms with Gasteiger partial charge < -0.3 is 5.32 Å². The van der Waals surface area contributed by atoms with Crippen molar-refractivity contribution in [1.29, 1.82) is 0 Å². The maximum absolute atomic E-state index is 13.4. The van der Waals surface area contributed by atoms with Gasteiger partial charge in [0.25, 0.3) is 10.0 Å². The molecular weight excluding hydrogens is 396 g/mol. The van der Waals surface area contributed by atoms with E-state index < -0.39 is 10.0 Å². The summed E-state index contributed by atoms with van der Waals surface area (Å²) < 4.78 is 27.9. The lowest BCUT2D eigenvalue weighted by Gasteiger charge is -2.32. The number of rotatable bonds is 5. The third-order valence-electron chi connectivity index (χ3n) is 5.45. The summed E-state index contributed by atoms with van der Waals surface area (Å²) in [5.74, 6) is -0.347. The van der Waals surface area contributed by atoms with Gasteiger partial charge in [0.15, 0.2) is 0 Å². The Morgan fingerprint density at radius 3 is 2.40 bits per heavy atom. The van der Waals surface area contributed by atoms with Crippen molar-refractivity contribution in [2.75, 3.05) is 10.8 Å². The Morgan fingerprint density at radius 1 is 0.967 bits per heavy atom. The molecule has 5 nitrogen and oxygen atoms in total. The van der Waals surface area contributed by atoms with Crippen LogP contribution in [0.4, 0.5) is 5.69 Å². The Kier molecular flexibility index (Phi) is 5.35. The predicted molar refractivity (Wildman–Crippen MR) is 119 cm³/mol. The van der Waals surface area contributed by atoms with Crippen molar-refractivity contribution in [2.24, 2.45) is 0 Å². The quantitative estimate of drug-likeness (QED) is 0.669. The molecule has 6 heteroatoms. The SMILES string of the molecule is CCc1ccc2c(c1)-c1ccccc1S(=O)(=O)N2CC(=O)N[C@@H](C)c1ccccc1. The molecule has 154 valence electrons. The molecule has 1 aliphatic heterocycles. The average molecular weight is 421 g/mol. The van der Waals surface area contributed by atoms with E-state index in [9.17, 15) is 13.2 Å². The van der Waals surface area contributed by atoms with Crippen LogP contribution in [0.15, 0.2) is 77.7 Å². The number of anilines is 1. The van der Waals surface area contributed by atoms with Gasteiger partial charge in [-0.1, -0.05) is 61.5 Å². The largest absolute Gasteiger partial charge is 0.348 e. The number of fused-ring (bicyclic) bond motifs is 3. The molecule has 4 rings (SSSR count). The summed E-state index contributed by atoms with van der Waals surface area (Å²) in [5, 5.41) is 2.91. The van der Waals surface area contributed by atoms with Crippen LogP contribution >= 0.6 is 0 Å². The Morgan fingerprint density at radius 2 is 1.67 bits per heavy atom. The van der Waals surface area contributed by atoms with Crippen LogP contribution in [0.25, 0.3) is 11.1 Å². The van der Waals surface area contributed by atoms with E-state index in [1.807, 2.05) is 61.5 Å². The Bertz CT molecular complexity index is 1190. The van der Waals surface area contributed by atoms with E-state index in [-0.39, 0.29) is 23.4 Å². The van der Waals surface area contributed by atoms with Gasteiger partial charge in [0.2, 0.25) is 5.91 Å². The first kappa shape index (κ1) is 20.2. The first-order valence-corrected chi connectivity index (χ1v) is 11.4. The second kappa shape index (κ2) is 7.95. The Hall–Kier alpha value is -3.12. The number of amides is 1. The van der Waals surface area contributed by atoms with E-state index in [4.69, 9.17) is 0 Å². The number of carbonyl (C=O) groups excluding carboxylic acids is 1. The fraction of sp³-hybridized carbons (Fsp3) is 0.208. The zero-order valence-electron chi connectivity index (χ0n) is 17.0.